The number of amides is 2. The number of benzene rings is 5. The standard InChI is InChI=1S/C22H30N4O3.C18H21N5O.C17H22N4O.C16H22BrNO3.C12H20BN3O2.C11H14BrNO.C10H18O5.CBrN.CH4/c1-21(2,3)29-20(28)25-22(14-27)10-9-15-7-6-8-17(18(15)11-22)16-12-23-19(24-13-16)26(4)5;1-23(2)17-20-9-13(10-21-17)14-5-3-4-12-6-7-18(8-15(12)14)11-24-16(19)22-18;1-21(2)16-19-9-13(10-20-16)14-5-3-4-12-6-7-17(18,11-22)8-15(12)14;1-15(2,3)21-14(20)18-16(10-19)8-7-11-5-4-6-13(17)12(11)9-16;1-11(2)12(3,4)18-13(17-11)9-7-14-10(15-8-9)16(5)6;12-10-3-1-2-8-4-5-11(13,7-14)6-9(8)10;1-9(2,3)14-7(11)13-8(12)15-10(4,5)6;2-1-3;/h6-8,12-13,27H,9-11,14H2,1-5H3,(H,25,28);3-5,9-10H,6-8,11H2,1-2H3,(H2,19,22);3-5,9-10,22H,6-8,11,18H2,1-2H3;4-6,19H,7-10H2,1-3H3,(H,18,20);7-8H,1-6H3;1-3,14H,4-7,13H2;1-6H3;;1H4. The van der Waals surface area contributed by atoms with Crippen molar-refractivity contribution in [3.05, 3.63) is 205 Å². The van der Waals surface area contributed by atoms with Crippen molar-refractivity contribution in [3.8, 4) is 38.4 Å². The number of hydrogen-bond acceptors (Lipinski definition) is 33. The summed E-state index contributed by atoms with van der Waals surface area (Å²) in [7, 11) is 14.9. The van der Waals surface area contributed by atoms with Gasteiger partial charge in [-0.25, -0.2) is 64.0 Å². The van der Waals surface area contributed by atoms with E-state index in [0.29, 0.717) is 68.5 Å². The van der Waals surface area contributed by atoms with Crippen molar-refractivity contribution < 1.29 is 77.3 Å². The third-order valence-corrected chi connectivity index (χ3v) is 26.9. The quantitative estimate of drug-likeness (QED) is 0.0211. The zero-order valence-electron chi connectivity index (χ0n) is 88.8. The Morgan fingerprint density at radius 2 is 0.721 bits per heavy atom. The zero-order valence-corrected chi connectivity index (χ0v) is 93.6. The molecule has 9 aromatic rings. The molecule has 1 saturated heterocycles. The monoisotopic (exact) mass is 2220 g/mol. The van der Waals surface area contributed by atoms with Crippen molar-refractivity contribution in [2.75, 3.05) is 109 Å². The van der Waals surface area contributed by atoms with E-state index in [0.717, 1.165) is 118 Å². The SMILES string of the molecule is C.CC(C)(C)OC(=O)NC1(CO)CCc2cccc(Br)c2C1.CC(C)(C)OC(=O)OC(=O)OC(C)(C)C.CN(C)c1ncc(-c2cccc3c2CC(CO)(NC(=O)OC(C)(C)C)CC3)cn1.CN(C)c1ncc(-c2cccc3c2CC(N)(CO)CC3)cn1.CN(C)c1ncc(-c2cccc3c2CC2(CC3)COC(N)=N2)cn1.CN(C)c1ncc(B2OC(C)(C)C(C)(C)O2)cn1.N#CBr.NC1(CO)CCc2cccc(Br)c2C1. The summed E-state index contributed by atoms with van der Waals surface area (Å²) >= 11 is 9.53. The van der Waals surface area contributed by atoms with Gasteiger partial charge in [-0.3, -0.25) is 0 Å². The zero-order chi connectivity index (χ0) is 108. The lowest BCUT2D eigenvalue weighted by molar-refractivity contribution is -0.0295. The number of amidine groups is 1. The number of hydrogen-bond donors (Lipinski definition) is 9. The number of aryl methyl sites for hydroxylation is 5. The number of nitriles is 1. The van der Waals surface area contributed by atoms with E-state index >= 15 is 0 Å². The Bertz CT molecular complexity index is 5940. The number of aliphatic hydroxyl groups is 4. The molecule has 5 unspecified atom stereocenters. The van der Waals surface area contributed by atoms with Gasteiger partial charge in [0.25, 0.3) is 6.02 Å². The number of nitrogens with two attached hydrogens (primary N) is 3. The van der Waals surface area contributed by atoms with Gasteiger partial charge >= 0.3 is 31.6 Å². The summed E-state index contributed by atoms with van der Waals surface area (Å²) < 4.78 is 44.0. The van der Waals surface area contributed by atoms with Crippen LogP contribution in [0.1, 0.15) is 206 Å². The molecule has 5 aromatic carbocycles. The Balaban J connectivity index is 0.000000210. The summed E-state index contributed by atoms with van der Waals surface area (Å²) in [5.41, 5.74) is 32.0. The predicted octanol–water partition coefficient (Wildman–Crippen LogP) is 16.2. The summed E-state index contributed by atoms with van der Waals surface area (Å²) in [6.45, 7) is 29.5. The molecule has 147 heavy (non-hydrogen) atoms. The maximum absolute atomic E-state index is 12.4. The lowest BCUT2D eigenvalue weighted by Gasteiger charge is -2.38. The van der Waals surface area contributed by atoms with Crippen molar-refractivity contribution in [1.82, 2.24) is 50.5 Å². The number of aliphatic hydroxyl groups excluding tert-OH is 4. The summed E-state index contributed by atoms with van der Waals surface area (Å²) in [6.07, 6.45) is 23.4. The van der Waals surface area contributed by atoms with Crippen LogP contribution in [-0.2, 0) is 102 Å². The van der Waals surface area contributed by atoms with E-state index in [1.165, 1.54) is 50.1 Å². The summed E-state index contributed by atoms with van der Waals surface area (Å²) in [5.74, 6) is 2.73. The van der Waals surface area contributed by atoms with Gasteiger partial charge in [-0.15, -0.1) is 0 Å². The highest BCUT2D eigenvalue weighted by Crippen LogP contribution is 2.43. The molecule has 0 saturated carbocycles. The number of nitrogens with one attached hydrogen (secondary N) is 2. The lowest BCUT2D eigenvalue weighted by Crippen LogP contribution is -2.55. The molecular formula is C108H151BBr3N19O16. The molecule has 798 valence electrons. The number of aromatic nitrogens is 8. The van der Waals surface area contributed by atoms with Crippen molar-refractivity contribution in [3.63, 3.8) is 0 Å². The molecule has 12 N–H and O–H groups in total. The molecule has 0 radical (unpaired) electrons. The molecule has 0 bridgehead atoms. The van der Waals surface area contributed by atoms with Crippen molar-refractivity contribution in [2.24, 2.45) is 22.2 Å². The third kappa shape index (κ3) is 34.7. The molecule has 6 heterocycles. The fourth-order valence-corrected chi connectivity index (χ4v) is 18.2. The first-order valence-electron chi connectivity index (χ1n) is 48.6. The van der Waals surface area contributed by atoms with Gasteiger partial charge in [0.1, 0.15) is 39.5 Å². The number of ether oxygens (including phenoxy) is 6. The molecule has 35 nitrogen and oxygen atoms in total. The summed E-state index contributed by atoms with van der Waals surface area (Å²) in [6, 6.07) is 31.5. The minimum Gasteiger partial charge on any atom is -0.463 e. The summed E-state index contributed by atoms with van der Waals surface area (Å²) in [4.78, 5) is 95.1. The van der Waals surface area contributed by atoms with E-state index in [9.17, 15) is 39.6 Å². The molecule has 16 rings (SSSR count). The number of nitrogens with zero attached hydrogens (tertiary/aromatic N) is 14. The largest absolute Gasteiger partial charge is 0.519 e. The molecule has 7 aliphatic rings. The molecule has 1 fully saturated rings. The number of rotatable bonds is 14. The van der Waals surface area contributed by atoms with Gasteiger partial charge < -0.3 is 106 Å². The number of fused-ring (bicyclic) bond motifs is 5. The highest BCUT2D eigenvalue weighted by Gasteiger charge is 2.52. The van der Waals surface area contributed by atoms with Gasteiger partial charge in [-0.05, 0) is 285 Å². The second-order valence-electron chi connectivity index (χ2n) is 43.5. The fraction of sp³-hybridized carbons (Fsp3) is 0.519. The highest BCUT2D eigenvalue weighted by atomic mass is 79.9. The molecule has 2 amide bonds. The van der Waals surface area contributed by atoms with Crippen LogP contribution >= 0.6 is 47.8 Å². The van der Waals surface area contributed by atoms with Crippen molar-refractivity contribution >= 4 is 115 Å². The van der Waals surface area contributed by atoms with Crippen LogP contribution in [0, 0.1) is 10.2 Å². The number of alkyl carbamates (subject to hydrolysis) is 2. The normalized spacial score (nSPS) is 19.8. The molecule has 1 spiro atoms. The Labute approximate surface area is 892 Å². The van der Waals surface area contributed by atoms with Crippen LogP contribution in [0.15, 0.2) is 155 Å². The molecule has 5 atom stereocenters. The molecule has 39 heteroatoms. The van der Waals surface area contributed by atoms with Crippen LogP contribution in [-0.4, -0.2) is 249 Å². The fourth-order valence-electron chi connectivity index (χ4n) is 17.1. The van der Waals surface area contributed by atoms with Crippen LogP contribution < -0.4 is 52.9 Å². The maximum atomic E-state index is 12.4. The van der Waals surface area contributed by atoms with E-state index in [1.54, 1.807) is 58.9 Å². The molecule has 4 aromatic heterocycles. The number of carbonyl (C=O) groups is 4. The second kappa shape index (κ2) is 51.4. The predicted molar refractivity (Wildman–Crippen MR) is 587 cm³/mol. The van der Waals surface area contributed by atoms with E-state index in [1.807, 2.05) is 219 Å². The lowest BCUT2D eigenvalue weighted by atomic mass is 9.76. The Morgan fingerprint density at radius 1 is 0.435 bits per heavy atom. The summed E-state index contributed by atoms with van der Waals surface area (Å²) in [5, 5.41) is 51.8. The number of carbonyl (C=O) groups excluding carboxylic acids is 4. The minimum absolute atomic E-state index is 0. The Morgan fingerprint density at radius 3 is 1.03 bits per heavy atom. The van der Waals surface area contributed by atoms with E-state index in [2.05, 4.69) is 163 Å². The van der Waals surface area contributed by atoms with Crippen LogP contribution in [0.2, 0.25) is 0 Å². The average Bonchev–Trinajstić information content (AvgIpc) is 1.26. The van der Waals surface area contributed by atoms with E-state index in [4.69, 9.17) is 55.5 Å². The van der Waals surface area contributed by atoms with Gasteiger partial charge in [-0.1, -0.05) is 118 Å². The Hall–Kier alpha value is -11.2. The van der Waals surface area contributed by atoms with Crippen LogP contribution in [0.3, 0.4) is 0 Å². The molecule has 5 aliphatic carbocycles. The minimum atomic E-state index is -1.06. The third-order valence-electron chi connectivity index (χ3n) is 25.4. The maximum Gasteiger partial charge on any atom is 0.519 e. The average molecular weight is 2220 g/mol. The molecular weight excluding hydrogens is 2070 g/mol. The highest BCUT2D eigenvalue weighted by molar-refractivity contribution is 9.12. The van der Waals surface area contributed by atoms with Crippen LogP contribution in [0.25, 0.3) is 33.4 Å². The molecule has 2 aliphatic heterocycles. The first-order chi connectivity index (χ1) is 68.2. The number of halogens is 3. The van der Waals surface area contributed by atoms with Gasteiger partial charge in [-0.2, -0.15) is 5.26 Å². The first kappa shape index (κ1) is 121. The van der Waals surface area contributed by atoms with Gasteiger partial charge in [0.15, 0.2) is 0 Å². The first-order valence-corrected chi connectivity index (χ1v) is 51.0. The van der Waals surface area contributed by atoms with Crippen molar-refractivity contribution in [1.29, 1.82) is 5.26 Å². The van der Waals surface area contributed by atoms with Gasteiger partial charge in [0.05, 0.1) is 48.7 Å². The number of anilines is 4. The van der Waals surface area contributed by atoms with Gasteiger partial charge in [0, 0.05) is 170 Å². The van der Waals surface area contributed by atoms with Crippen molar-refractivity contribution in [2.45, 2.75) is 276 Å². The van der Waals surface area contributed by atoms with Crippen LogP contribution in [0.4, 0.5) is 43.0 Å². The number of aliphatic imine (C=N–C) groups is 1. The van der Waals surface area contributed by atoms with E-state index < -0.39 is 76.2 Å². The smallest absolute Gasteiger partial charge is 0.463 e. The topological polar surface area (TPSA) is 477 Å². The van der Waals surface area contributed by atoms with Gasteiger partial charge in [0.2, 0.25) is 23.8 Å². The second-order valence-corrected chi connectivity index (χ2v) is 45.6. The van der Waals surface area contributed by atoms with Crippen LogP contribution in [0.5, 0.6) is 0 Å². The van der Waals surface area contributed by atoms with E-state index in [-0.39, 0.29) is 50.6 Å². The Kier molecular flexibility index (Phi) is 42.3.